The first-order valence-corrected chi connectivity index (χ1v) is 8.43. The van der Waals surface area contributed by atoms with Crippen molar-refractivity contribution in [3.8, 4) is 17.2 Å². The Hall–Kier alpha value is -2.49. The normalized spacial score (nSPS) is 29.3. The van der Waals surface area contributed by atoms with Crippen LogP contribution in [0.15, 0.2) is 42.5 Å². The summed E-state index contributed by atoms with van der Waals surface area (Å²) in [6.07, 6.45) is -8.20. The maximum absolute atomic E-state index is 12.5. The van der Waals surface area contributed by atoms with Crippen molar-refractivity contribution in [3.63, 3.8) is 0 Å². The van der Waals surface area contributed by atoms with Crippen LogP contribution in [0.3, 0.4) is 0 Å². The van der Waals surface area contributed by atoms with E-state index in [9.17, 15) is 25.2 Å². The first-order valence-electron chi connectivity index (χ1n) is 8.43. The molecule has 0 aliphatic carbocycles. The third kappa shape index (κ3) is 3.18. The van der Waals surface area contributed by atoms with Gasteiger partial charge in [-0.2, -0.15) is 0 Å². The molecule has 2 aromatic rings. The standard InChI is InChI=1S/C19H18O8/c20-14-15(21)17(27-18(23)16(14)22)19(24)26-13-7-3-6-12-10(13)8-9-4-1-2-5-11(9)25-12/h1-7,14-18,20-23H,8H2/t14-,15-,16+,17-,18+/m0/s1. The van der Waals surface area contributed by atoms with Crippen molar-refractivity contribution in [2.75, 3.05) is 0 Å². The minimum Gasteiger partial charge on any atom is -0.457 e. The zero-order valence-corrected chi connectivity index (χ0v) is 14.1. The number of carbonyl (C=O) groups excluding carboxylic acids is 1. The lowest BCUT2D eigenvalue weighted by Gasteiger charge is -2.36. The summed E-state index contributed by atoms with van der Waals surface area (Å²) >= 11 is 0. The van der Waals surface area contributed by atoms with Crippen LogP contribution in [0.1, 0.15) is 11.1 Å². The molecule has 4 N–H and O–H groups in total. The van der Waals surface area contributed by atoms with Crippen LogP contribution in [0, 0.1) is 0 Å². The Morgan fingerprint density at radius 2 is 1.67 bits per heavy atom. The Kier molecular flexibility index (Phi) is 4.58. The van der Waals surface area contributed by atoms with Crippen molar-refractivity contribution in [2.24, 2.45) is 0 Å². The molecule has 27 heavy (non-hydrogen) atoms. The van der Waals surface area contributed by atoms with E-state index in [1.54, 1.807) is 18.2 Å². The Balaban J connectivity index is 1.57. The van der Waals surface area contributed by atoms with Crippen LogP contribution in [0.25, 0.3) is 0 Å². The van der Waals surface area contributed by atoms with Crippen molar-refractivity contribution >= 4 is 5.97 Å². The van der Waals surface area contributed by atoms with E-state index >= 15 is 0 Å². The quantitative estimate of drug-likeness (QED) is 0.367. The number of hydrogen-bond acceptors (Lipinski definition) is 8. The molecule has 8 heteroatoms. The van der Waals surface area contributed by atoms with Gasteiger partial charge in [-0.3, -0.25) is 0 Å². The van der Waals surface area contributed by atoms with E-state index in [1.165, 1.54) is 0 Å². The van der Waals surface area contributed by atoms with Gasteiger partial charge in [-0.25, -0.2) is 4.79 Å². The van der Waals surface area contributed by atoms with E-state index in [0.29, 0.717) is 17.7 Å². The molecule has 2 heterocycles. The molecular weight excluding hydrogens is 356 g/mol. The predicted molar refractivity (Wildman–Crippen MR) is 90.3 cm³/mol. The Labute approximate surface area is 154 Å². The van der Waals surface area contributed by atoms with Crippen molar-refractivity contribution in [2.45, 2.75) is 37.1 Å². The third-order valence-electron chi connectivity index (χ3n) is 4.68. The second-order valence-corrected chi connectivity index (χ2v) is 6.46. The number of rotatable bonds is 2. The van der Waals surface area contributed by atoms with Crippen LogP contribution in [-0.4, -0.2) is 57.1 Å². The zero-order valence-electron chi connectivity index (χ0n) is 14.1. The Morgan fingerprint density at radius 1 is 0.926 bits per heavy atom. The van der Waals surface area contributed by atoms with E-state index in [0.717, 1.165) is 11.3 Å². The van der Waals surface area contributed by atoms with Gasteiger partial charge in [-0.05, 0) is 23.8 Å². The highest BCUT2D eigenvalue weighted by Crippen LogP contribution is 2.40. The second kappa shape index (κ2) is 6.91. The lowest BCUT2D eigenvalue weighted by molar-refractivity contribution is -0.279. The lowest BCUT2D eigenvalue weighted by Crippen LogP contribution is -2.60. The van der Waals surface area contributed by atoms with E-state index < -0.39 is 36.7 Å². The number of aliphatic hydroxyl groups is 4. The SMILES string of the molecule is O=C(Oc1cccc2c1Cc1ccccc1O2)[C@H]1O[C@@H](O)[C@H](O)[C@@H](O)[C@@H]1O. The third-order valence-corrected chi connectivity index (χ3v) is 4.68. The maximum Gasteiger partial charge on any atom is 0.343 e. The molecule has 2 aliphatic heterocycles. The largest absolute Gasteiger partial charge is 0.457 e. The molecule has 0 unspecified atom stereocenters. The molecule has 8 nitrogen and oxygen atoms in total. The summed E-state index contributed by atoms with van der Waals surface area (Å²) in [5, 5.41) is 38.8. The van der Waals surface area contributed by atoms with Crippen LogP contribution < -0.4 is 9.47 Å². The molecule has 4 rings (SSSR count). The number of carbonyl (C=O) groups is 1. The summed E-state index contributed by atoms with van der Waals surface area (Å²) < 4.78 is 16.1. The first kappa shape index (κ1) is 17.9. The molecule has 1 fully saturated rings. The molecule has 2 aromatic carbocycles. The molecule has 0 radical (unpaired) electrons. The summed E-state index contributed by atoms with van der Waals surface area (Å²) in [5.74, 6) is 0.483. The lowest BCUT2D eigenvalue weighted by atomic mass is 9.98. The number of fused-ring (bicyclic) bond motifs is 2. The van der Waals surface area contributed by atoms with Crippen molar-refractivity contribution in [1.29, 1.82) is 0 Å². The van der Waals surface area contributed by atoms with Crippen LogP contribution >= 0.6 is 0 Å². The van der Waals surface area contributed by atoms with Crippen molar-refractivity contribution in [3.05, 3.63) is 53.6 Å². The van der Waals surface area contributed by atoms with Gasteiger partial charge in [-0.15, -0.1) is 0 Å². The van der Waals surface area contributed by atoms with Gasteiger partial charge in [0.05, 0.1) is 0 Å². The number of hydrogen-bond donors (Lipinski definition) is 4. The average molecular weight is 374 g/mol. The molecule has 142 valence electrons. The van der Waals surface area contributed by atoms with Gasteiger partial charge in [-0.1, -0.05) is 24.3 Å². The highest BCUT2D eigenvalue weighted by molar-refractivity contribution is 5.79. The number of benzene rings is 2. The fraction of sp³-hybridized carbons (Fsp3) is 0.316. The van der Waals surface area contributed by atoms with E-state index in [1.807, 2.05) is 24.3 Å². The Bertz CT molecular complexity index is 867. The topological polar surface area (TPSA) is 126 Å². The van der Waals surface area contributed by atoms with Gasteiger partial charge in [0, 0.05) is 12.0 Å². The van der Waals surface area contributed by atoms with Crippen molar-refractivity contribution < 1.29 is 39.4 Å². The summed E-state index contributed by atoms with van der Waals surface area (Å²) in [4.78, 5) is 12.5. The average Bonchev–Trinajstić information content (AvgIpc) is 2.68. The molecular formula is C19H18O8. The van der Waals surface area contributed by atoms with E-state index in [4.69, 9.17) is 14.2 Å². The zero-order chi connectivity index (χ0) is 19.1. The molecule has 1 saturated heterocycles. The van der Waals surface area contributed by atoms with Crippen LogP contribution in [0.2, 0.25) is 0 Å². The fourth-order valence-corrected chi connectivity index (χ4v) is 3.19. The van der Waals surface area contributed by atoms with E-state index in [-0.39, 0.29) is 5.75 Å². The first-order chi connectivity index (χ1) is 13.0. The molecule has 0 aromatic heterocycles. The highest BCUT2D eigenvalue weighted by atomic mass is 16.7. The number of para-hydroxylation sites is 1. The molecule has 0 amide bonds. The van der Waals surface area contributed by atoms with Crippen molar-refractivity contribution in [1.82, 2.24) is 0 Å². The van der Waals surface area contributed by atoms with Gasteiger partial charge in [0.25, 0.3) is 0 Å². The van der Waals surface area contributed by atoms with Gasteiger partial charge in [0.15, 0.2) is 12.4 Å². The predicted octanol–water partition coefficient (Wildman–Crippen LogP) is 0.0884. The Morgan fingerprint density at radius 3 is 2.48 bits per heavy atom. The summed E-state index contributed by atoms with van der Waals surface area (Å²) in [6.45, 7) is 0. The smallest absolute Gasteiger partial charge is 0.343 e. The molecule has 0 bridgehead atoms. The second-order valence-electron chi connectivity index (χ2n) is 6.46. The van der Waals surface area contributed by atoms with Gasteiger partial charge < -0.3 is 34.6 Å². The number of ether oxygens (including phenoxy) is 3. The molecule has 5 atom stereocenters. The summed E-state index contributed by atoms with van der Waals surface area (Å²) in [5.41, 5.74) is 1.58. The van der Waals surface area contributed by atoms with Gasteiger partial charge in [0.1, 0.15) is 35.6 Å². The molecule has 0 saturated carbocycles. The fourth-order valence-electron chi connectivity index (χ4n) is 3.19. The molecule has 2 aliphatic rings. The highest BCUT2D eigenvalue weighted by Gasteiger charge is 2.47. The van der Waals surface area contributed by atoms with Crippen LogP contribution in [-0.2, 0) is 16.0 Å². The minimum absolute atomic E-state index is 0.220. The van der Waals surface area contributed by atoms with Crippen LogP contribution in [0.5, 0.6) is 17.2 Å². The summed E-state index contributed by atoms with van der Waals surface area (Å²) in [7, 11) is 0. The number of aliphatic hydroxyl groups excluding tert-OH is 4. The summed E-state index contributed by atoms with van der Waals surface area (Å²) in [6, 6.07) is 12.5. The molecule has 0 spiro atoms. The van der Waals surface area contributed by atoms with E-state index in [2.05, 4.69) is 0 Å². The maximum atomic E-state index is 12.5. The van der Waals surface area contributed by atoms with Gasteiger partial charge >= 0.3 is 5.97 Å². The minimum atomic E-state index is -1.82. The number of esters is 1. The van der Waals surface area contributed by atoms with Crippen LogP contribution in [0.4, 0.5) is 0 Å². The van der Waals surface area contributed by atoms with Gasteiger partial charge in [0.2, 0.25) is 0 Å². The monoisotopic (exact) mass is 374 g/mol.